The van der Waals surface area contributed by atoms with E-state index in [2.05, 4.69) is 22.2 Å². The fourth-order valence-corrected chi connectivity index (χ4v) is 2.68. The maximum Gasteiger partial charge on any atom is 0.416 e. The van der Waals surface area contributed by atoms with Gasteiger partial charge in [0, 0.05) is 24.7 Å². The van der Waals surface area contributed by atoms with Gasteiger partial charge in [0.05, 0.1) is 12.2 Å². The number of alkyl halides is 3. The van der Waals surface area contributed by atoms with Crippen LogP contribution >= 0.6 is 0 Å². The molecule has 0 unspecified atom stereocenters. The molecule has 1 aromatic carbocycles. The highest BCUT2D eigenvalue weighted by molar-refractivity contribution is 5.78. The molecule has 1 fully saturated rings. The standard InChI is InChI=1S/C19H23F3N4O2/c1-2-28-18(27)26-12-9-16(10-13-26)25-17(23)24-11-3-4-14-5-7-15(8-6-14)19(20,21)22/h5-8,16H,2,9-13H2,1H3,(H3,23,24,25). The lowest BCUT2D eigenvalue weighted by Gasteiger charge is -2.31. The monoisotopic (exact) mass is 396 g/mol. The minimum Gasteiger partial charge on any atom is -0.450 e. The number of carbonyl (C=O) groups excluding carboxylic acids is 1. The molecule has 1 aliphatic heterocycles. The minimum absolute atomic E-state index is 0.109. The molecule has 2 rings (SSSR count). The molecule has 0 aliphatic carbocycles. The zero-order valence-electron chi connectivity index (χ0n) is 15.6. The zero-order valence-corrected chi connectivity index (χ0v) is 15.6. The van der Waals surface area contributed by atoms with Crippen LogP contribution in [-0.2, 0) is 10.9 Å². The Morgan fingerprint density at radius 1 is 1.32 bits per heavy atom. The van der Waals surface area contributed by atoms with Gasteiger partial charge in [-0.05, 0) is 44.0 Å². The Labute approximate surface area is 161 Å². The van der Waals surface area contributed by atoms with E-state index >= 15 is 0 Å². The lowest BCUT2D eigenvalue weighted by Crippen LogP contribution is -2.48. The Bertz CT molecular complexity index is 743. The Balaban J connectivity index is 1.77. The van der Waals surface area contributed by atoms with Crippen LogP contribution in [0.15, 0.2) is 29.3 Å². The molecule has 6 nitrogen and oxygen atoms in total. The number of nitrogens with one attached hydrogen (secondary N) is 1. The summed E-state index contributed by atoms with van der Waals surface area (Å²) in [5, 5.41) is 3.09. The number of hydrogen-bond donors (Lipinski definition) is 2. The Kier molecular flexibility index (Phi) is 7.55. The predicted molar refractivity (Wildman–Crippen MR) is 99.6 cm³/mol. The molecule has 0 radical (unpaired) electrons. The van der Waals surface area contributed by atoms with E-state index < -0.39 is 11.7 Å². The molecule has 0 spiro atoms. The summed E-state index contributed by atoms with van der Waals surface area (Å²) in [4.78, 5) is 17.4. The van der Waals surface area contributed by atoms with Crippen LogP contribution in [0.5, 0.6) is 0 Å². The number of ether oxygens (including phenoxy) is 1. The van der Waals surface area contributed by atoms with Crippen LogP contribution in [0.4, 0.5) is 18.0 Å². The van der Waals surface area contributed by atoms with Crippen molar-refractivity contribution in [2.45, 2.75) is 32.0 Å². The van der Waals surface area contributed by atoms with E-state index in [-0.39, 0.29) is 24.6 Å². The Hall–Kier alpha value is -2.89. The third-order valence-electron chi connectivity index (χ3n) is 4.15. The molecule has 0 saturated carbocycles. The number of carbonyl (C=O) groups is 1. The average Bonchev–Trinajstić information content (AvgIpc) is 2.66. The molecule has 9 heteroatoms. The number of likely N-dealkylation sites (tertiary alicyclic amines) is 1. The Morgan fingerprint density at radius 3 is 2.54 bits per heavy atom. The molecule has 1 saturated heterocycles. The van der Waals surface area contributed by atoms with E-state index in [9.17, 15) is 18.0 Å². The van der Waals surface area contributed by atoms with E-state index in [1.165, 1.54) is 12.1 Å². The van der Waals surface area contributed by atoms with E-state index in [1.807, 2.05) is 0 Å². The van der Waals surface area contributed by atoms with Crippen molar-refractivity contribution in [3.63, 3.8) is 0 Å². The van der Waals surface area contributed by atoms with Crippen LogP contribution in [0.2, 0.25) is 0 Å². The second-order valence-electron chi connectivity index (χ2n) is 6.18. The maximum atomic E-state index is 12.5. The lowest BCUT2D eigenvalue weighted by molar-refractivity contribution is -0.137. The van der Waals surface area contributed by atoms with E-state index in [4.69, 9.17) is 10.5 Å². The summed E-state index contributed by atoms with van der Waals surface area (Å²) in [6, 6.07) is 4.73. The molecule has 1 aromatic rings. The zero-order chi connectivity index (χ0) is 20.6. The molecule has 1 aliphatic rings. The van der Waals surface area contributed by atoms with Crippen molar-refractivity contribution in [1.29, 1.82) is 0 Å². The molecule has 0 bridgehead atoms. The summed E-state index contributed by atoms with van der Waals surface area (Å²) in [5.41, 5.74) is 5.60. The van der Waals surface area contributed by atoms with Crippen LogP contribution in [0, 0.1) is 11.8 Å². The average molecular weight is 396 g/mol. The van der Waals surface area contributed by atoms with Crippen molar-refractivity contribution < 1.29 is 22.7 Å². The predicted octanol–water partition coefficient (Wildman–Crippen LogP) is 2.58. The molecule has 0 aromatic heterocycles. The van der Waals surface area contributed by atoms with Crippen molar-refractivity contribution in [3.05, 3.63) is 35.4 Å². The third-order valence-corrected chi connectivity index (χ3v) is 4.15. The second-order valence-corrected chi connectivity index (χ2v) is 6.18. The van der Waals surface area contributed by atoms with Crippen LogP contribution in [-0.4, -0.2) is 49.2 Å². The van der Waals surface area contributed by atoms with Gasteiger partial charge >= 0.3 is 12.3 Å². The first-order chi connectivity index (χ1) is 13.3. The number of piperidine rings is 1. The number of aliphatic imine (C=N–C) groups is 1. The molecular formula is C19H23F3N4O2. The van der Waals surface area contributed by atoms with Gasteiger partial charge in [0.2, 0.25) is 0 Å². The van der Waals surface area contributed by atoms with Crippen molar-refractivity contribution in [2.24, 2.45) is 10.7 Å². The summed E-state index contributed by atoms with van der Waals surface area (Å²) in [5.74, 6) is 5.75. The molecule has 3 N–H and O–H groups in total. The van der Waals surface area contributed by atoms with Crippen LogP contribution < -0.4 is 11.1 Å². The fraction of sp³-hybridized carbons (Fsp3) is 0.474. The molecule has 1 amide bonds. The van der Waals surface area contributed by atoms with Gasteiger partial charge in [-0.2, -0.15) is 13.2 Å². The van der Waals surface area contributed by atoms with Crippen molar-refractivity contribution in [1.82, 2.24) is 10.2 Å². The molecule has 0 atom stereocenters. The van der Waals surface area contributed by atoms with Crippen LogP contribution in [0.3, 0.4) is 0 Å². The lowest BCUT2D eigenvalue weighted by atomic mass is 10.1. The number of guanidine groups is 1. The first-order valence-electron chi connectivity index (χ1n) is 8.94. The highest BCUT2D eigenvalue weighted by Crippen LogP contribution is 2.28. The number of amides is 1. The van der Waals surface area contributed by atoms with Crippen molar-refractivity contribution in [3.8, 4) is 11.8 Å². The Morgan fingerprint density at radius 2 is 1.96 bits per heavy atom. The smallest absolute Gasteiger partial charge is 0.416 e. The van der Waals surface area contributed by atoms with Gasteiger partial charge in [-0.3, -0.25) is 0 Å². The van der Waals surface area contributed by atoms with E-state index in [0.717, 1.165) is 25.0 Å². The molecular weight excluding hydrogens is 373 g/mol. The first-order valence-corrected chi connectivity index (χ1v) is 8.94. The molecule has 1 heterocycles. The van der Waals surface area contributed by atoms with Crippen molar-refractivity contribution >= 4 is 12.1 Å². The quantitative estimate of drug-likeness (QED) is 0.468. The summed E-state index contributed by atoms with van der Waals surface area (Å²) >= 11 is 0. The van der Waals surface area contributed by atoms with Gasteiger partial charge in [0.15, 0.2) is 5.96 Å². The normalized spacial score (nSPS) is 15.6. The fourth-order valence-electron chi connectivity index (χ4n) is 2.68. The summed E-state index contributed by atoms with van der Waals surface area (Å²) in [6.07, 6.45) is -3.21. The molecule has 28 heavy (non-hydrogen) atoms. The van der Waals surface area contributed by atoms with Gasteiger partial charge in [-0.15, -0.1) is 0 Å². The summed E-state index contributed by atoms with van der Waals surface area (Å²) in [6.45, 7) is 3.41. The largest absolute Gasteiger partial charge is 0.450 e. The minimum atomic E-state index is -4.36. The van der Waals surface area contributed by atoms with Gasteiger partial charge in [-0.1, -0.05) is 11.8 Å². The van der Waals surface area contributed by atoms with Crippen LogP contribution in [0.25, 0.3) is 0 Å². The number of halogens is 3. The number of nitrogens with two attached hydrogens (primary N) is 1. The van der Waals surface area contributed by atoms with E-state index in [1.54, 1.807) is 11.8 Å². The van der Waals surface area contributed by atoms with Crippen LogP contribution in [0.1, 0.15) is 30.9 Å². The highest BCUT2D eigenvalue weighted by Gasteiger charge is 2.29. The van der Waals surface area contributed by atoms with Gasteiger partial charge in [0.25, 0.3) is 0 Å². The molecule has 152 valence electrons. The number of rotatable bonds is 3. The van der Waals surface area contributed by atoms with Crippen molar-refractivity contribution in [2.75, 3.05) is 26.2 Å². The highest BCUT2D eigenvalue weighted by atomic mass is 19.4. The summed E-state index contributed by atoms with van der Waals surface area (Å²) in [7, 11) is 0. The summed E-state index contributed by atoms with van der Waals surface area (Å²) < 4.78 is 42.5. The first kappa shape index (κ1) is 21.4. The van der Waals surface area contributed by atoms with Gasteiger partial charge < -0.3 is 20.7 Å². The van der Waals surface area contributed by atoms with Gasteiger partial charge in [0.1, 0.15) is 6.54 Å². The number of hydrogen-bond acceptors (Lipinski definition) is 3. The number of nitrogens with zero attached hydrogens (tertiary/aromatic N) is 2. The van der Waals surface area contributed by atoms with E-state index in [0.29, 0.717) is 25.3 Å². The number of benzene rings is 1. The topological polar surface area (TPSA) is 80.0 Å². The third kappa shape index (κ3) is 6.68. The van der Waals surface area contributed by atoms with Gasteiger partial charge in [-0.25, -0.2) is 9.79 Å². The second kappa shape index (κ2) is 9.88. The maximum absolute atomic E-state index is 12.5. The SMILES string of the molecule is CCOC(=O)N1CCC(NC(N)=NCC#Cc2ccc(C(F)(F)F)cc2)CC1.